The summed E-state index contributed by atoms with van der Waals surface area (Å²) in [6.45, 7) is 4.02. The van der Waals surface area contributed by atoms with Gasteiger partial charge in [0.2, 0.25) is 0 Å². The molecule has 0 bridgehead atoms. The summed E-state index contributed by atoms with van der Waals surface area (Å²) >= 11 is 0. The minimum atomic E-state index is -0.881. The molecule has 2 aromatic rings. The first-order valence-corrected chi connectivity index (χ1v) is 8.25. The quantitative estimate of drug-likeness (QED) is 0.794. The summed E-state index contributed by atoms with van der Waals surface area (Å²) in [5.41, 5.74) is 1.53. The van der Waals surface area contributed by atoms with Crippen LogP contribution in [0.3, 0.4) is 0 Å². The Kier molecular flexibility index (Phi) is 5.13. The summed E-state index contributed by atoms with van der Waals surface area (Å²) in [6, 6.07) is 1.65. The molecule has 0 aromatic carbocycles. The first-order valence-electron chi connectivity index (χ1n) is 8.25. The van der Waals surface area contributed by atoms with Gasteiger partial charge in [-0.2, -0.15) is 10.2 Å². The van der Waals surface area contributed by atoms with Crippen molar-refractivity contribution in [3.63, 3.8) is 0 Å². The number of piperazine rings is 1. The van der Waals surface area contributed by atoms with Crippen LogP contribution in [0.25, 0.3) is 0 Å². The van der Waals surface area contributed by atoms with E-state index in [1.807, 2.05) is 19.4 Å². The zero-order chi connectivity index (χ0) is 17.8. The Morgan fingerprint density at radius 2 is 2.00 bits per heavy atom. The summed E-state index contributed by atoms with van der Waals surface area (Å²) in [5, 5.41) is 17.1. The van der Waals surface area contributed by atoms with Crippen LogP contribution in [0, 0.1) is 0 Å². The standard InChI is InChI=1S/C16H22N6O3/c1-19-11-13(10-17-19)12-20-6-8-21(9-7-20)16(25)14-2-4-22(18-14)5-3-15(23)24/h2,4,10-11H,3,5-9,12H2,1H3,(H,23,24). The molecule has 0 spiro atoms. The van der Waals surface area contributed by atoms with Crippen LogP contribution in [0.2, 0.25) is 0 Å². The number of carboxylic acids is 1. The fourth-order valence-electron chi connectivity index (χ4n) is 2.89. The molecule has 134 valence electrons. The van der Waals surface area contributed by atoms with Gasteiger partial charge in [0.15, 0.2) is 0 Å². The van der Waals surface area contributed by atoms with E-state index in [0.29, 0.717) is 18.8 Å². The van der Waals surface area contributed by atoms with Crippen molar-refractivity contribution in [3.8, 4) is 0 Å². The van der Waals surface area contributed by atoms with Crippen LogP contribution in [0.15, 0.2) is 24.7 Å². The lowest BCUT2D eigenvalue weighted by atomic mass is 10.2. The zero-order valence-electron chi connectivity index (χ0n) is 14.2. The van der Waals surface area contributed by atoms with E-state index in [4.69, 9.17) is 5.11 Å². The second-order valence-electron chi connectivity index (χ2n) is 6.20. The van der Waals surface area contributed by atoms with E-state index in [0.717, 1.165) is 19.6 Å². The molecule has 0 unspecified atom stereocenters. The molecule has 9 nitrogen and oxygen atoms in total. The third kappa shape index (κ3) is 4.44. The number of carbonyl (C=O) groups is 2. The van der Waals surface area contributed by atoms with E-state index in [1.165, 1.54) is 10.2 Å². The average Bonchev–Trinajstić information content (AvgIpc) is 3.22. The van der Waals surface area contributed by atoms with Gasteiger partial charge in [-0.3, -0.25) is 23.9 Å². The molecule has 0 atom stereocenters. The van der Waals surface area contributed by atoms with Crippen molar-refractivity contribution in [2.24, 2.45) is 7.05 Å². The van der Waals surface area contributed by atoms with E-state index < -0.39 is 5.97 Å². The maximum Gasteiger partial charge on any atom is 0.305 e. The smallest absolute Gasteiger partial charge is 0.305 e. The van der Waals surface area contributed by atoms with Crippen LogP contribution in [-0.2, 0) is 24.9 Å². The van der Waals surface area contributed by atoms with Crippen LogP contribution < -0.4 is 0 Å². The Morgan fingerprint density at radius 1 is 1.24 bits per heavy atom. The van der Waals surface area contributed by atoms with Crippen LogP contribution in [0.1, 0.15) is 22.5 Å². The van der Waals surface area contributed by atoms with Crippen molar-refractivity contribution in [1.82, 2.24) is 29.4 Å². The Morgan fingerprint density at radius 3 is 2.64 bits per heavy atom. The molecule has 1 saturated heterocycles. The van der Waals surface area contributed by atoms with Crippen LogP contribution in [0.5, 0.6) is 0 Å². The summed E-state index contributed by atoms with van der Waals surface area (Å²) < 4.78 is 3.29. The Labute approximate surface area is 145 Å². The van der Waals surface area contributed by atoms with Crippen molar-refractivity contribution in [2.45, 2.75) is 19.5 Å². The lowest BCUT2D eigenvalue weighted by Gasteiger charge is -2.34. The number of nitrogens with zero attached hydrogens (tertiary/aromatic N) is 6. The number of rotatable bonds is 6. The second kappa shape index (κ2) is 7.47. The van der Waals surface area contributed by atoms with Crippen molar-refractivity contribution >= 4 is 11.9 Å². The number of aliphatic carboxylic acids is 1. The molecule has 1 aliphatic rings. The van der Waals surface area contributed by atoms with Gasteiger partial charge in [0.1, 0.15) is 5.69 Å². The third-order valence-corrected chi connectivity index (χ3v) is 4.24. The van der Waals surface area contributed by atoms with Gasteiger partial charge in [-0.05, 0) is 6.07 Å². The fraction of sp³-hybridized carbons (Fsp3) is 0.500. The normalized spacial score (nSPS) is 15.5. The minimum absolute atomic E-state index is 0.0116. The largest absolute Gasteiger partial charge is 0.481 e. The van der Waals surface area contributed by atoms with Crippen molar-refractivity contribution < 1.29 is 14.7 Å². The maximum absolute atomic E-state index is 12.5. The van der Waals surface area contributed by atoms with Crippen molar-refractivity contribution in [3.05, 3.63) is 35.9 Å². The van der Waals surface area contributed by atoms with E-state index >= 15 is 0 Å². The summed E-state index contributed by atoms with van der Waals surface area (Å²) in [4.78, 5) is 27.2. The Bertz CT molecular complexity index is 745. The number of carboxylic acid groups (broad SMARTS) is 1. The highest BCUT2D eigenvalue weighted by Crippen LogP contribution is 2.10. The highest BCUT2D eigenvalue weighted by molar-refractivity contribution is 5.92. The number of amides is 1. The van der Waals surface area contributed by atoms with Gasteiger partial charge in [0.25, 0.3) is 5.91 Å². The number of aryl methyl sites for hydroxylation is 2. The molecule has 0 radical (unpaired) electrons. The molecule has 3 heterocycles. The molecule has 3 rings (SSSR count). The van der Waals surface area contributed by atoms with Crippen LogP contribution >= 0.6 is 0 Å². The number of aromatic nitrogens is 4. The zero-order valence-corrected chi connectivity index (χ0v) is 14.2. The van der Waals surface area contributed by atoms with E-state index in [2.05, 4.69) is 15.1 Å². The molecule has 1 fully saturated rings. The third-order valence-electron chi connectivity index (χ3n) is 4.24. The van der Waals surface area contributed by atoms with E-state index in [1.54, 1.807) is 21.8 Å². The Balaban J connectivity index is 1.50. The molecule has 2 aromatic heterocycles. The predicted molar refractivity (Wildman–Crippen MR) is 88.9 cm³/mol. The molecule has 25 heavy (non-hydrogen) atoms. The van der Waals surface area contributed by atoms with Gasteiger partial charge in [-0.15, -0.1) is 0 Å². The highest BCUT2D eigenvalue weighted by Gasteiger charge is 2.23. The first-order chi connectivity index (χ1) is 12.0. The highest BCUT2D eigenvalue weighted by atomic mass is 16.4. The lowest BCUT2D eigenvalue weighted by Crippen LogP contribution is -2.48. The summed E-state index contributed by atoms with van der Waals surface area (Å²) in [7, 11) is 1.90. The monoisotopic (exact) mass is 346 g/mol. The molecule has 1 N–H and O–H groups in total. The topological polar surface area (TPSA) is 96.5 Å². The van der Waals surface area contributed by atoms with Gasteiger partial charge in [0.05, 0.1) is 19.2 Å². The number of carbonyl (C=O) groups excluding carboxylic acids is 1. The van der Waals surface area contributed by atoms with Gasteiger partial charge >= 0.3 is 5.97 Å². The number of hydrogen-bond acceptors (Lipinski definition) is 5. The lowest BCUT2D eigenvalue weighted by molar-refractivity contribution is -0.137. The van der Waals surface area contributed by atoms with Crippen molar-refractivity contribution in [1.29, 1.82) is 0 Å². The van der Waals surface area contributed by atoms with Crippen molar-refractivity contribution in [2.75, 3.05) is 26.2 Å². The SMILES string of the molecule is Cn1cc(CN2CCN(C(=O)c3ccn(CCC(=O)O)n3)CC2)cn1. The maximum atomic E-state index is 12.5. The first kappa shape index (κ1) is 17.2. The average molecular weight is 346 g/mol. The Hall–Kier alpha value is -2.68. The molecule has 0 saturated carbocycles. The van der Waals surface area contributed by atoms with Gasteiger partial charge in [0, 0.05) is 57.7 Å². The number of hydrogen-bond donors (Lipinski definition) is 1. The molecular weight excluding hydrogens is 324 g/mol. The summed E-state index contributed by atoms with van der Waals surface area (Å²) in [6.07, 6.45) is 5.50. The van der Waals surface area contributed by atoms with Crippen LogP contribution in [0.4, 0.5) is 0 Å². The van der Waals surface area contributed by atoms with Crippen LogP contribution in [-0.4, -0.2) is 72.5 Å². The minimum Gasteiger partial charge on any atom is -0.481 e. The summed E-state index contributed by atoms with van der Waals surface area (Å²) in [5.74, 6) is -0.983. The molecule has 1 amide bonds. The molecule has 0 aliphatic carbocycles. The molecule has 1 aliphatic heterocycles. The fourth-order valence-corrected chi connectivity index (χ4v) is 2.89. The molecule has 9 heteroatoms. The second-order valence-corrected chi connectivity index (χ2v) is 6.20. The van der Waals surface area contributed by atoms with Gasteiger partial charge < -0.3 is 10.0 Å². The van der Waals surface area contributed by atoms with Gasteiger partial charge in [-0.1, -0.05) is 0 Å². The molecular formula is C16H22N6O3. The predicted octanol–water partition coefficient (Wildman–Crippen LogP) is 0.0493. The van der Waals surface area contributed by atoms with Gasteiger partial charge in [-0.25, -0.2) is 0 Å². The van der Waals surface area contributed by atoms with E-state index in [-0.39, 0.29) is 18.9 Å². The van der Waals surface area contributed by atoms with E-state index in [9.17, 15) is 9.59 Å².